The smallest absolute Gasteiger partial charge is 0.322 e. The fourth-order valence-electron chi connectivity index (χ4n) is 2.89. The Labute approximate surface area is 199 Å². The minimum Gasteiger partial charge on any atom is -0.446 e. The summed E-state index contributed by atoms with van der Waals surface area (Å²) in [6, 6.07) is 5.00. The van der Waals surface area contributed by atoms with Crippen LogP contribution in [-0.2, 0) is 16.0 Å². The number of carbonyl (C=O) groups excluding carboxylic acids is 2. The number of urea groups is 1. The Kier molecular flexibility index (Phi) is 11.7. The number of nitrogens with zero attached hydrogens (tertiary/aromatic N) is 2. The maximum Gasteiger partial charge on any atom is 0.322 e. The highest BCUT2D eigenvalue weighted by Gasteiger charge is 2.19. The number of amides is 3. The van der Waals surface area contributed by atoms with E-state index >= 15 is 0 Å². The van der Waals surface area contributed by atoms with Crippen molar-refractivity contribution in [3.8, 4) is 0 Å². The van der Waals surface area contributed by atoms with Gasteiger partial charge in [0.25, 0.3) is 5.91 Å². The van der Waals surface area contributed by atoms with Gasteiger partial charge < -0.3 is 29.4 Å². The summed E-state index contributed by atoms with van der Waals surface area (Å²) in [4.78, 5) is 31.0. The molecular weight excluding hydrogens is 448 g/mol. The molecule has 0 atom stereocenters. The van der Waals surface area contributed by atoms with E-state index in [0.29, 0.717) is 63.1 Å². The number of aromatic nitrogens is 1. The van der Waals surface area contributed by atoms with Crippen LogP contribution in [0.5, 0.6) is 0 Å². The highest BCUT2D eigenvalue weighted by atomic mass is 35.5. The van der Waals surface area contributed by atoms with Crippen LogP contribution in [0.1, 0.15) is 48.6 Å². The molecule has 0 bridgehead atoms. The van der Waals surface area contributed by atoms with Crippen LogP contribution in [0.25, 0.3) is 0 Å². The molecule has 0 saturated heterocycles. The van der Waals surface area contributed by atoms with E-state index in [2.05, 4.69) is 15.6 Å². The lowest BCUT2D eigenvalue weighted by Crippen LogP contribution is -2.36. The van der Waals surface area contributed by atoms with E-state index in [9.17, 15) is 9.59 Å². The number of rotatable bonds is 14. The van der Waals surface area contributed by atoms with Gasteiger partial charge in [0, 0.05) is 50.2 Å². The highest BCUT2D eigenvalue weighted by molar-refractivity contribution is 6.31. The minimum absolute atomic E-state index is 0.106. The number of oxazole rings is 1. The van der Waals surface area contributed by atoms with Gasteiger partial charge in [-0.05, 0) is 51.3 Å². The van der Waals surface area contributed by atoms with Crippen molar-refractivity contribution in [1.82, 2.24) is 15.2 Å². The van der Waals surface area contributed by atoms with Crippen LogP contribution in [0.4, 0.5) is 10.5 Å². The Morgan fingerprint density at radius 3 is 2.58 bits per heavy atom. The lowest BCUT2D eigenvalue weighted by atomic mass is 10.2. The van der Waals surface area contributed by atoms with Gasteiger partial charge in [0.05, 0.1) is 6.54 Å². The molecule has 33 heavy (non-hydrogen) atoms. The first kappa shape index (κ1) is 26.6. The van der Waals surface area contributed by atoms with Crippen molar-refractivity contribution >= 4 is 29.2 Å². The summed E-state index contributed by atoms with van der Waals surface area (Å²) in [5.74, 6) is -0.0638. The van der Waals surface area contributed by atoms with E-state index < -0.39 is 0 Å². The first-order valence-corrected chi connectivity index (χ1v) is 11.5. The summed E-state index contributed by atoms with van der Waals surface area (Å²) >= 11 is 6.17. The average molecular weight is 481 g/mol. The van der Waals surface area contributed by atoms with Crippen LogP contribution in [-0.4, -0.2) is 61.3 Å². The van der Waals surface area contributed by atoms with E-state index in [1.54, 1.807) is 17.0 Å². The van der Waals surface area contributed by atoms with Crippen LogP contribution < -0.4 is 10.6 Å². The second kappa shape index (κ2) is 14.5. The normalized spacial score (nSPS) is 10.8. The highest BCUT2D eigenvalue weighted by Crippen LogP contribution is 2.20. The van der Waals surface area contributed by atoms with Gasteiger partial charge in [-0.2, -0.15) is 0 Å². The molecule has 0 radical (unpaired) electrons. The second-order valence-corrected chi connectivity index (χ2v) is 7.71. The third-order valence-electron chi connectivity index (χ3n) is 4.70. The second-order valence-electron chi connectivity index (χ2n) is 7.30. The van der Waals surface area contributed by atoms with E-state index in [-0.39, 0.29) is 30.1 Å². The number of ether oxygens (including phenoxy) is 2. The molecule has 0 spiro atoms. The largest absolute Gasteiger partial charge is 0.446 e. The Balaban J connectivity index is 1.98. The number of carbonyl (C=O) groups is 2. The summed E-state index contributed by atoms with van der Waals surface area (Å²) in [5.41, 5.74) is 1.68. The molecule has 0 aliphatic rings. The van der Waals surface area contributed by atoms with Crippen LogP contribution in [0.3, 0.4) is 0 Å². The number of benzene rings is 1. The van der Waals surface area contributed by atoms with Crippen molar-refractivity contribution in [3.05, 3.63) is 46.6 Å². The molecule has 10 heteroatoms. The molecule has 3 amide bonds. The van der Waals surface area contributed by atoms with Gasteiger partial charge in [-0.15, -0.1) is 0 Å². The Hall–Kier alpha value is -2.62. The van der Waals surface area contributed by atoms with Gasteiger partial charge in [-0.3, -0.25) is 4.79 Å². The maximum absolute atomic E-state index is 12.9. The fraction of sp³-hybridized carbons (Fsp3) is 0.522. The number of anilines is 1. The molecule has 1 heterocycles. The monoisotopic (exact) mass is 480 g/mol. The predicted octanol–water partition coefficient (Wildman–Crippen LogP) is 4.25. The Morgan fingerprint density at radius 2 is 1.88 bits per heavy atom. The molecule has 0 fully saturated rings. The van der Waals surface area contributed by atoms with Gasteiger partial charge in [0.15, 0.2) is 5.69 Å². The van der Waals surface area contributed by atoms with Crippen LogP contribution in [0, 0.1) is 6.92 Å². The molecule has 2 N–H and O–H groups in total. The molecule has 0 aliphatic heterocycles. The van der Waals surface area contributed by atoms with Gasteiger partial charge in [0.1, 0.15) is 6.26 Å². The zero-order valence-electron chi connectivity index (χ0n) is 19.5. The third kappa shape index (κ3) is 9.41. The Bertz CT molecular complexity index is 889. The van der Waals surface area contributed by atoms with E-state index in [1.807, 2.05) is 26.8 Å². The number of nitrogens with one attached hydrogen (secondary N) is 2. The lowest BCUT2D eigenvalue weighted by molar-refractivity contribution is 0.0939. The first-order valence-electron chi connectivity index (χ1n) is 11.1. The lowest BCUT2D eigenvalue weighted by Gasteiger charge is -2.22. The SMILES string of the molecule is CCOCCCNC(=O)c1coc(CN(CCCOCC)C(=O)Nc2ccc(C)c(Cl)c2)n1. The molecule has 9 nitrogen and oxygen atoms in total. The Morgan fingerprint density at radius 1 is 1.15 bits per heavy atom. The van der Waals surface area contributed by atoms with Crippen molar-refractivity contribution in [1.29, 1.82) is 0 Å². The minimum atomic E-state index is -0.330. The molecule has 182 valence electrons. The number of halogens is 1. The summed E-state index contributed by atoms with van der Waals surface area (Å²) in [6.07, 6.45) is 2.65. The standard InChI is InChI=1S/C23H33ClN4O5/c1-4-31-12-6-10-25-22(29)20-16-33-21(27-20)15-28(11-7-13-32-5-2)23(30)26-18-9-8-17(3)19(24)14-18/h8-9,14,16H,4-7,10-13,15H2,1-3H3,(H,25,29)(H,26,30). The van der Waals surface area contributed by atoms with E-state index in [0.717, 1.165) is 5.56 Å². The molecule has 2 rings (SSSR count). The quantitative estimate of drug-likeness (QED) is 0.391. The molecule has 2 aromatic rings. The molecule has 0 unspecified atom stereocenters. The van der Waals surface area contributed by atoms with Crippen molar-refractivity contribution in [2.24, 2.45) is 0 Å². The number of hydrogen-bond acceptors (Lipinski definition) is 6. The summed E-state index contributed by atoms with van der Waals surface area (Å²) in [6.45, 7) is 9.10. The zero-order chi connectivity index (χ0) is 24.1. The van der Waals surface area contributed by atoms with Crippen LogP contribution >= 0.6 is 11.6 Å². The molecule has 0 aliphatic carbocycles. The van der Waals surface area contributed by atoms with Gasteiger partial charge in [-0.1, -0.05) is 17.7 Å². The average Bonchev–Trinajstić information content (AvgIpc) is 3.27. The fourth-order valence-corrected chi connectivity index (χ4v) is 3.07. The van der Waals surface area contributed by atoms with Crippen molar-refractivity contribution in [3.63, 3.8) is 0 Å². The maximum atomic E-state index is 12.9. The molecule has 0 saturated carbocycles. The first-order chi connectivity index (χ1) is 15.9. The summed E-state index contributed by atoms with van der Waals surface area (Å²) in [5, 5.41) is 6.19. The molecular formula is C23H33ClN4O5. The van der Waals surface area contributed by atoms with Crippen molar-refractivity contribution < 1.29 is 23.5 Å². The van der Waals surface area contributed by atoms with Gasteiger partial charge >= 0.3 is 6.03 Å². The van der Waals surface area contributed by atoms with E-state index in [1.165, 1.54) is 6.26 Å². The van der Waals surface area contributed by atoms with Crippen LogP contribution in [0.15, 0.2) is 28.9 Å². The zero-order valence-corrected chi connectivity index (χ0v) is 20.2. The van der Waals surface area contributed by atoms with Gasteiger partial charge in [-0.25, -0.2) is 9.78 Å². The summed E-state index contributed by atoms with van der Waals surface area (Å²) < 4.78 is 16.1. The topological polar surface area (TPSA) is 106 Å². The van der Waals surface area contributed by atoms with Gasteiger partial charge in [0.2, 0.25) is 5.89 Å². The molecule has 1 aromatic heterocycles. The third-order valence-corrected chi connectivity index (χ3v) is 5.10. The van der Waals surface area contributed by atoms with Crippen molar-refractivity contribution in [2.45, 2.75) is 40.2 Å². The van der Waals surface area contributed by atoms with Crippen LogP contribution in [0.2, 0.25) is 5.02 Å². The molecule has 1 aromatic carbocycles. The van der Waals surface area contributed by atoms with E-state index in [4.69, 9.17) is 25.5 Å². The predicted molar refractivity (Wildman–Crippen MR) is 127 cm³/mol. The number of aryl methyl sites for hydroxylation is 1. The number of hydrogen-bond donors (Lipinski definition) is 2. The summed E-state index contributed by atoms with van der Waals surface area (Å²) in [7, 11) is 0. The van der Waals surface area contributed by atoms with Crippen molar-refractivity contribution in [2.75, 3.05) is 44.8 Å².